The van der Waals surface area contributed by atoms with E-state index in [1.165, 1.54) is 12.8 Å². The van der Waals surface area contributed by atoms with E-state index in [2.05, 4.69) is 19.9 Å². The SMILES string of the molecule is CC1CCC2(C1C)C1C(=CCCN)C12. The molecular formula is C13H21N. The van der Waals surface area contributed by atoms with Crippen LogP contribution in [0.4, 0.5) is 0 Å². The lowest BCUT2D eigenvalue weighted by atomic mass is 9.80. The molecule has 3 aliphatic rings. The molecule has 1 nitrogen and oxygen atoms in total. The monoisotopic (exact) mass is 191 g/mol. The van der Waals surface area contributed by atoms with Gasteiger partial charge in [0, 0.05) is 0 Å². The van der Waals surface area contributed by atoms with Gasteiger partial charge in [-0.05, 0) is 54.9 Å². The van der Waals surface area contributed by atoms with Gasteiger partial charge in [0.1, 0.15) is 0 Å². The number of hydrogen-bond donors (Lipinski definition) is 1. The number of rotatable bonds is 2. The molecule has 3 rings (SSSR count). The van der Waals surface area contributed by atoms with Crippen LogP contribution in [0.3, 0.4) is 0 Å². The molecule has 3 saturated carbocycles. The van der Waals surface area contributed by atoms with Crippen LogP contribution in [0.5, 0.6) is 0 Å². The second-order valence-electron chi connectivity index (χ2n) is 5.65. The Morgan fingerprint density at radius 1 is 1.43 bits per heavy atom. The van der Waals surface area contributed by atoms with Crippen molar-refractivity contribution in [1.29, 1.82) is 0 Å². The van der Waals surface area contributed by atoms with Crippen molar-refractivity contribution >= 4 is 0 Å². The molecule has 0 saturated heterocycles. The predicted octanol–water partition coefficient (Wildman–Crippen LogP) is 2.57. The fraction of sp³-hybridized carbons (Fsp3) is 0.846. The molecule has 3 aliphatic carbocycles. The normalized spacial score (nSPS) is 53.5. The van der Waals surface area contributed by atoms with Crippen molar-refractivity contribution < 1.29 is 0 Å². The van der Waals surface area contributed by atoms with Gasteiger partial charge in [0.05, 0.1) is 0 Å². The van der Waals surface area contributed by atoms with Gasteiger partial charge in [-0.15, -0.1) is 0 Å². The Bertz CT molecular complexity index is 280. The standard InChI is InChI=1S/C13H21N/c1-8-5-6-13(9(8)2)11-10(12(11)13)4-3-7-14/h4,8-9,11-12H,3,5-7,14H2,1-2H3. The summed E-state index contributed by atoms with van der Waals surface area (Å²) in [5, 5.41) is 0. The highest BCUT2D eigenvalue weighted by Gasteiger charge is 2.82. The average Bonchev–Trinajstić information content (AvgIpc) is 3.02. The zero-order chi connectivity index (χ0) is 9.92. The third kappa shape index (κ3) is 0.850. The van der Waals surface area contributed by atoms with Crippen molar-refractivity contribution in [2.45, 2.75) is 33.1 Å². The molecule has 1 heteroatoms. The predicted molar refractivity (Wildman–Crippen MR) is 58.7 cm³/mol. The van der Waals surface area contributed by atoms with Gasteiger partial charge < -0.3 is 5.73 Å². The van der Waals surface area contributed by atoms with Crippen LogP contribution in [0.15, 0.2) is 11.6 Å². The van der Waals surface area contributed by atoms with Gasteiger partial charge in [-0.1, -0.05) is 25.5 Å². The van der Waals surface area contributed by atoms with Gasteiger partial charge in [0.25, 0.3) is 0 Å². The fourth-order valence-electron chi connectivity index (χ4n) is 4.13. The summed E-state index contributed by atoms with van der Waals surface area (Å²) in [5.74, 6) is 3.97. The molecule has 3 fully saturated rings. The van der Waals surface area contributed by atoms with E-state index in [1.54, 1.807) is 5.57 Å². The second-order valence-corrected chi connectivity index (χ2v) is 5.65. The quantitative estimate of drug-likeness (QED) is 0.667. The van der Waals surface area contributed by atoms with Crippen molar-refractivity contribution in [3.05, 3.63) is 11.6 Å². The summed E-state index contributed by atoms with van der Waals surface area (Å²) < 4.78 is 0. The lowest BCUT2D eigenvalue weighted by molar-refractivity contribution is 0.281. The summed E-state index contributed by atoms with van der Waals surface area (Å²) in [6, 6.07) is 0. The molecule has 0 aliphatic heterocycles. The largest absolute Gasteiger partial charge is 0.330 e. The molecule has 0 aromatic rings. The van der Waals surface area contributed by atoms with E-state index in [-0.39, 0.29) is 0 Å². The van der Waals surface area contributed by atoms with Gasteiger partial charge in [-0.2, -0.15) is 0 Å². The molecule has 78 valence electrons. The minimum atomic E-state index is 0.792. The lowest BCUT2D eigenvalue weighted by Crippen LogP contribution is -2.18. The third-order valence-electron chi connectivity index (χ3n) is 5.27. The van der Waals surface area contributed by atoms with Crippen LogP contribution < -0.4 is 5.73 Å². The van der Waals surface area contributed by atoms with Crippen LogP contribution >= 0.6 is 0 Å². The number of nitrogens with two attached hydrogens (primary N) is 1. The first kappa shape index (κ1) is 8.96. The van der Waals surface area contributed by atoms with Crippen molar-refractivity contribution in [3.8, 4) is 0 Å². The Kier molecular flexibility index (Phi) is 1.69. The van der Waals surface area contributed by atoms with Crippen molar-refractivity contribution in [2.24, 2.45) is 34.8 Å². The van der Waals surface area contributed by atoms with E-state index in [0.717, 1.165) is 42.1 Å². The summed E-state index contributed by atoms with van der Waals surface area (Å²) in [6.07, 6.45) is 6.49. The van der Waals surface area contributed by atoms with Gasteiger partial charge in [0.15, 0.2) is 0 Å². The summed E-state index contributed by atoms with van der Waals surface area (Å²) in [7, 11) is 0. The van der Waals surface area contributed by atoms with E-state index in [1.807, 2.05) is 0 Å². The maximum Gasteiger partial charge on any atom is -0.00425 e. The van der Waals surface area contributed by atoms with Gasteiger partial charge in [-0.3, -0.25) is 0 Å². The van der Waals surface area contributed by atoms with Crippen LogP contribution in [0.25, 0.3) is 0 Å². The molecule has 0 bridgehead atoms. The topological polar surface area (TPSA) is 26.0 Å². The number of fused-ring (bicyclic) bond motifs is 3. The Hall–Kier alpha value is -0.300. The molecule has 4 atom stereocenters. The molecule has 4 unspecified atom stereocenters. The minimum Gasteiger partial charge on any atom is -0.330 e. The molecule has 0 aromatic heterocycles. The van der Waals surface area contributed by atoms with Crippen molar-refractivity contribution in [2.75, 3.05) is 6.54 Å². The zero-order valence-corrected chi connectivity index (χ0v) is 9.29. The van der Waals surface area contributed by atoms with Crippen LogP contribution in [-0.4, -0.2) is 6.54 Å². The highest BCUT2D eigenvalue weighted by Crippen LogP contribution is 2.88. The average molecular weight is 191 g/mol. The number of allylic oxidation sites excluding steroid dienone is 1. The van der Waals surface area contributed by atoms with Crippen LogP contribution in [-0.2, 0) is 0 Å². The number of hydrogen-bond acceptors (Lipinski definition) is 1. The zero-order valence-electron chi connectivity index (χ0n) is 9.29. The summed E-state index contributed by atoms with van der Waals surface area (Å²) in [5.41, 5.74) is 8.07. The molecule has 0 aromatic carbocycles. The smallest absolute Gasteiger partial charge is 0.00425 e. The molecule has 0 heterocycles. The minimum absolute atomic E-state index is 0.792. The molecule has 14 heavy (non-hydrogen) atoms. The van der Waals surface area contributed by atoms with Crippen molar-refractivity contribution in [1.82, 2.24) is 0 Å². The van der Waals surface area contributed by atoms with E-state index < -0.39 is 0 Å². The highest BCUT2D eigenvalue weighted by atomic mass is 14.9. The summed E-state index contributed by atoms with van der Waals surface area (Å²) in [6.45, 7) is 5.73. The van der Waals surface area contributed by atoms with E-state index >= 15 is 0 Å². The van der Waals surface area contributed by atoms with Gasteiger partial charge >= 0.3 is 0 Å². The highest BCUT2D eigenvalue weighted by molar-refractivity contribution is 5.52. The van der Waals surface area contributed by atoms with E-state index in [4.69, 9.17) is 5.73 Å². The first-order valence-corrected chi connectivity index (χ1v) is 6.13. The van der Waals surface area contributed by atoms with Gasteiger partial charge in [0.2, 0.25) is 0 Å². The second kappa shape index (κ2) is 2.63. The third-order valence-corrected chi connectivity index (χ3v) is 5.27. The maximum atomic E-state index is 5.51. The van der Waals surface area contributed by atoms with Crippen molar-refractivity contribution in [3.63, 3.8) is 0 Å². The molecule has 0 amide bonds. The van der Waals surface area contributed by atoms with Crippen LogP contribution in [0, 0.1) is 29.1 Å². The maximum absolute atomic E-state index is 5.51. The molecule has 0 radical (unpaired) electrons. The van der Waals surface area contributed by atoms with Gasteiger partial charge in [-0.25, -0.2) is 0 Å². The van der Waals surface area contributed by atoms with E-state index in [9.17, 15) is 0 Å². The summed E-state index contributed by atoms with van der Waals surface area (Å²) in [4.78, 5) is 0. The van der Waals surface area contributed by atoms with Crippen LogP contribution in [0.1, 0.15) is 33.1 Å². The molecule has 2 N–H and O–H groups in total. The van der Waals surface area contributed by atoms with Crippen LogP contribution in [0.2, 0.25) is 0 Å². The fourth-order valence-corrected chi connectivity index (χ4v) is 4.13. The Morgan fingerprint density at radius 2 is 2.14 bits per heavy atom. The summed E-state index contributed by atoms with van der Waals surface area (Å²) >= 11 is 0. The molecule has 1 spiro atoms. The first-order chi connectivity index (χ1) is 6.73. The molecular weight excluding hydrogens is 170 g/mol. The lowest BCUT2D eigenvalue weighted by Gasteiger charge is -2.24. The Morgan fingerprint density at radius 3 is 2.64 bits per heavy atom. The first-order valence-electron chi connectivity index (χ1n) is 6.13. The Balaban J connectivity index is 1.67. The van der Waals surface area contributed by atoms with E-state index in [0.29, 0.717) is 0 Å². The Labute approximate surface area is 86.8 Å².